The first-order chi connectivity index (χ1) is 15.6. The first-order valence-electron chi connectivity index (χ1n) is 10.1. The average Bonchev–Trinajstić information content (AvgIpc) is 3.17. The summed E-state index contributed by atoms with van der Waals surface area (Å²) in [5.41, 5.74) is 9.67. The van der Waals surface area contributed by atoms with Gasteiger partial charge in [0.25, 0.3) is 0 Å². The maximum atomic E-state index is 9.86. The Labute approximate surface area is 189 Å². The second-order valence-electron chi connectivity index (χ2n) is 7.60. The number of allylic oxidation sites excluding steroid dienone is 1. The summed E-state index contributed by atoms with van der Waals surface area (Å²) in [6, 6.07) is 21.9. The second kappa shape index (κ2) is 7.95. The summed E-state index contributed by atoms with van der Waals surface area (Å²) in [5, 5.41) is 19.8. The van der Waals surface area contributed by atoms with E-state index in [0.29, 0.717) is 28.8 Å². The first-order valence-corrected chi connectivity index (χ1v) is 10.5. The number of nitrogens with one attached hydrogen (secondary N) is 1. The topological polar surface area (TPSA) is 97.0 Å². The number of halogens is 1. The van der Waals surface area contributed by atoms with Gasteiger partial charge in [-0.3, -0.25) is 5.10 Å². The van der Waals surface area contributed by atoms with E-state index < -0.39 is 5.92 Å². The Morgan fingerprint density at radius 2 is 2.00 bits per heavy atom. The van der Waals surface area contributed by atoms with Gasteiger partial charge in [0.1, 0.15) is 24.0 Å². The molecule has 1 atom stereocenters. The van der Waals surface area contributed by atoms with Crippen molar-refractivity contribution in [2.45, 2.75) is 19.4 Å². The number of nitrogens with two attached hydrogens (primary N) is 1. The van der Waals surface area contributed by atoms with Gasteiger partial charge in [-0.1, -0.05) is 54.1 Å². The van der Waals surface area contributed by atoms with E-state index in [1.54, 1.807) is 12.1 Å². The summed E-state index contributed by atoms with van der Waals surface area (Å²) in [6.45, 7) is 2.23. The number of ether oxygens (including phenoxy) is 2. The van der Waals surface area contributed by atoms with Gasteiger partial charge in [-0.05, 0) is 41.5 Å². The summed E-state index contributed by atoms with van der Waals surface area (Å²) in [7, 11) is 0. The van der Waals surface area contributed by atoms with Crippen LogP contribution in [0.15, 0.2) is 72.1 Å². The van der Waals surface area contributed by atoms with Crippen molar-refractivity contribution >= 4 is 22.4 Å². The molecule has 32 heavy (non-hydrogen) atoms. The van der Waals surface area contributed by atoms with Crippen LogP contribution in [0.5, 0.6) is 11.6 Å². The zero-order valence-electron chi connectivity index (χ0n) is 17.2. The van der Waals surface area contributed by atoms with Crippen molar-refractivity contribution in [3.8, 4) is 17.7 Å². The van der Waals surface area contributed by atoms with Gasteiger partial charge in [0, 0.05) is 21.8 Å². The van der Waals surface area contributed by atoms with Crippen LogP contribution in [0.4, 0.5) is 0 Å². The number of H-pyrrole nitrogens is 1. The second-order valence-corrected chi connectivity index (χ2v) is 8.04. The smallest absolute Gasteiger partial charge is 0.244 e. The molecule has 6 nitrogen and oxygen atoms in total. The minimum absolute atomic E-state index is 0.0245. The lowest BCUT2D eigenvalue weighted by Crippen LogP contribution is -2.21. The van der Waals surface area contributed by atoms with Gasteiger partial charge in [0.05, 0.1) is 5.92 Å². The van der Waals surface area contributed by atoms with E-state index >= 15 is 0 Å². The largest absolute Gasteiger partial charge is 0.489 e. The third-order valence-corrected chi connectivity index (χ3v) is 5.91. The van der Waals surface area contributed by atoms with Crippen LogP contribution in [0.25, 0.3) is 10.8 Å². The summed E-state index contributed by atoms with van der Waals surface area (Å²) < 4.78 is 11.9. The highest BCUT2D eigenvalue weighted by molar-refractivity contribution is 6.30. The zero-order valence-corrected chi connectivity index (χ0v) is 18.0. The van der Waals surface area contributed by atoms with Crippen molar-refractivity contribution in [3.63, 3.8) is 0 Å². The van der Waals surface area contributed by atoms with Crippen LogP contribution in [-0.4, -0.2) is 10.2 Å². The minimum atomic E-state index is -0.510. The van der Waals surface area contributed by atoms with Crippen LogP contribution < -0.4 is 15.2 Å². The Bertz CT molecular complexity index is 1410. The summed E-state index contributed by atoms with van der Waals surface area (Å²) in [6.07, 6.45) is 0. The van der Waals surface area contributed by atoms with Crippen molar-refractivity contribution < 1.29 is 9.47 Å². The van der Waals surface area contributed by atoms with Crippen LogP contribution in [0.2, 0.25) is 5.02 Å². The Kier molecular flexibility index (Phi) is 4.96. The first kappa shape index (κ1) is 20.0. The van der Waals surface area contributed by atoms with E-state index in [9.17, 15) is 5.26 Å². The number of fused-ring (bicyclic) bond motifs is 2. The molecule has 2 heterocycles. The predicted molar refractivity (Wildman–Crippen MR) is 122 cm³/mol. The van der Waals surface area contributed by atoms with E-state index in [0.717, 1.165) is 33.2 Å². The van der Waals surface area contributed by atoms with E-state index in [1.165, 1.54) is 0 Å². The third-order valence-electron chi connectivity index (χ3n) is 5.68. The monoisotopic (exact) mass is 442 g/mol. The number of nitrogens with zero attached hydrogens (tertiary/aromatic N) is 2. The molecule has 1 aromatic heterocycles. The Morgan fingerprint density at radius 3 is 2.84 bits per heavy atom. The van der Waals surface area contributed by atoms with Gasteiger partial charge >= 0.3 is 0 Å². The van der Waals surface area contributed by atoms with Gasteiger partial charge in [-0.25, -0.2) is 0 Å². The van der Waals surface area contributed by atoms with Crippen LogP contribution in [0.1, 0.15) is 28.3 Å². The van der Waals surface area contributed by atoms with Crippen LogP contribution in [0.3, 0.4) is 0 Å². The van der Waals surface area contributed by atoms with Gasteiger partial charge in [0.2, 0.25) is 11.8 Å². The molecule has 0 amide bonds. The predicted octanol–water partition coefficient (Wildman–Crippen LogP) is 5.32. The average molecular weight is 443 g/mol. The number of aromatic amines is 1. The highest BCUT2D eigenvalue weighted by Crippen LogP contribution is 2.46. The Balaban J connectivity index is 1.59. The molecule has 1 aliphatic heterocycles. The van der Waals surface area contributed by atoms with Crippen molar-refractivity contribution in [1.29, 1.82) is 5.26 Å². The molecule has 0 bridgehead atoms. The number of hydrogen-bond acceptors (Lipinski definition) is 5. The quantitative estimate of drug-likeness (QED) is 0.445. The summed E-state index contributed by atoms with van der Waals surface area (Å²) in [4.78, 5) is 0. The number of nitriles is 1. The highest BCUT2D eigenvalue weighted by atomic mass is 35.5. The lowest BCUT2D eigenvalue weighted by Gasteiger charge is -2.25. The number of rotatable bonds is 4. The fraction of sp³-hybridized carbons (Fsp3) is 0.120. The van der Waals surface area contributed by atoms with Crippen molar-refractivity contribution in [3.05, 3.63) is 99.5 Å². The molecule has 1 aliphatic rings. The highest BCUT2D eigenvalue weighted by Gasteiger charge is 2.36. The molecule has 0 fully saturated rings. The summed E-state index contributed by atoms with van der Waals surface area (Å²) >= 11 is 6.36. The zero-order chi connectivity index (χ0) is 22.2. The molecule has 3 N–H and O–H groups in total. The fourth-order valence-corrected chi connectivity index (χ4v) is 4.34. The van der Waals surface area contributed by atoms with Crippen molar-refractivity contribution in [2.24, 2.45) is 5.73 Å². The molecular weight excluding hydrogens is 424 g/mol. The van der Waals surface area contributed by atoms with Gasteiger partial charge in [-0.2, -0.15) is 5.26 Å². The molecule has 158 valence electrons. The number of benzene rings is 3. The summed E-state index contributed by atoms with van der Waals surface area (Å²) in [5.74, 6) is 0.477. The lowest BCUT2D eigenvalue weighted by molar-refractivity contribution is 0.303. The fourth-order valence-electron chi connectivity index (χ4n) is 4.16. The van der Waals surface area contributed by atoms with Gasteiger partial charge < -0.3 is 15.2 Å². The molecule has 0 saturated carbocycles. The van der Waals surface area contributed by atoms with E-state index in [2.05, 4.69) is 34.5 Å². The van der Waals surface area contributed by atoms with Gasteiger partial charge in [-0.15, -0.1) is 5.10 Å². The number of aryl methyl sites for hydroxylation is 1. The van der Waals surface area contributed by atoms with E-state index in [1.807, 2.05) is 37.3 Å². The Hall–Kier alpha value is -3.95. The molecule has 0 saturated heterocycles. The van der Waals surface area contributed by atoms with Crippen molar-refractivity contribution in [1.82, 2.24) is 10.2 Å². The molecule has 0 aliphatic carbocycles. The molecule has 5 rings (SSSR count). The minimum Gasteiger partial charge on any atom is -0.489 e. The number of aromatic nitrogens is 2. The Morgan fingerprint density at radius 1 is 1.19 bits per heavy atom. The van der Waals surface area contributed by atoms with Crippen molar-refractivity contribution in [2.75, 3.05) is 0 Å². The lowest BCUT2D eigenvalue weighted by atomic mass is 9.83. The van der Waals surface area contributed by atoms with Crippen LogP contribution in [0, 0.1) is 18.3 Å². The molecule has 0 spiro atoms. The molecule has 0 unspecified atom stereocenters. The SMILES string of the molecule is Cc1[nH]nc2c1[C@@H](c1cc(Cl)ccc1OCc1cccc3ccccc13)C(C#N)=C(N)O2. The van der Waals surface area contributed by atoms with E-state index in [4.69, 9.17) is 26.8 Å². The van der Waals surface area contributed by atoms with Crippen LogP contribution >= 0.6 is 11.6 Å². The molecule has 4 aromatic rings. The molecule has 7 heteroatoms. The molecule has 0 radical (unpaired) electrons. The third kappa shape index (κ3) is 3.33. The standard InChI is InChI=1S/C25H19ClN4O2/c1-14-22-23(20(12-27)24(28)32-25(22)30-29-14)19-11-17(26)9-10-21(19)31-13-16-7-4-6-15-5-2-3-8-18(15)16/h2-11,23H,13,28H2,1H3,(H,29,30)/t23-/m0/s1. The number of hydrogen-bond donors (Lipinski definition) is 2. The normalized spacial score (nSPS) is 15.2. The maximum absolute atomic E-state index is 9.86. The maximum Gasteiger partial charge on any atom is 0.244 e. The van der Waals surface area contributed by atoms with Crippen LogP contribution in [-0.2, 0) is 6.61 Å². The van der Waals surface area contributed by atoms with E-state index in [-0.39, 0.29) is 5.88 Å². The molecule has 3 aromatic carbocycles. The molecular formula is C25H19ClN4O2. The van der Waals surface area contributed by atoms with Gasteiger partial charge in [0.15, 0.2) is 0 Å².